The largest absolute Gasteiger partial charge is 0.466 e. The number of fused-ring (bicyclic) bond motifs is 1. The van der Waals surface area contributed by atoms with E-state index in [1.165, 1.54) is 12.5 Å². The molecule has 1 atom stereocenters. The molecule has 2 aliphatic rings. The van der Waals surface area contributed by atoms with Crippen molar-refractivity contribution in [1.29, 1.82) is 0 Å². The molecule has 110 valence electrons. The molecule has 1 aromatic rings. The van der Waals surface area contributed by atoms with Gasteiger partial charge in [0.1, 0.15) is 22.8 Å². The SMILES string of the molecule is CC(=O)C1=C(C)OC(C)=C[C@@]12Nc1cc(C)c(C)cc1O2. The lowest BCUT2D eigenvalue weighted by Gasteiger charge is -2.32. The zero-order valence-electron chi connectivity index (χ0n) is 13.0. The van der Waals surface area contributed by atoms with Crippen molar-refractivity contribution in [2.45, 2.75) is 40.3 Å². The summed E-state index contributed by atoms with van der Waals surface area (Å²) in [5.74, 6) is 1.99. The number of ether oxygens (including phenoxy) is 2. The summed E-state index contributed by atoms with van der Waals surface area (Å²) in [6, 6.07) is 4.04. The van der Waals surface area contributed by atoms with Gasteiger partial charge in [0.15, 0.2) is 5.78 Å². The third kappa shape index (κ3) is 2.02. The van der Waals surface area contributed by atoms with Gasteiger partial charge in [0.25, 0.3) is 0 Å². The molecule has 0 bridgehead atoms. The fourth-order valence-electron chi connectivity index (χ4n) is 3.00. The van der Waals surface area contributed by atoms with Crippen LogP contribution in [0.5, 0.6) is 5.75 Å². The first kappa shape index (κ1) is 13.7. The van der Waals surface area contributed by atoms with E-state index in [1.807, 2.05) is 32.1 Å². The average molecular weight is 285 g/mol. The molecule has 0 fully saturated rings. The Morgan fingerprint density at radius 2 is 1.81 bits per heavy atom. The molecule has 3 rings (SSSR count). The normalized spacial score (nSPS) is 23.2. The number of hydrogen-bond acceptors (Lipinski definition) is 4. The van der Waals surface area contributed by atoms with Crippen LogP contribution in [-0.2, 0) is 9.53 Å². The smallest absolute Gasteiger partial charge is 0.237 e. The van der Waals surface area contributed by atoms with E-state index in [1.54, 1.807) is 6.92 Å². The van der Waals surface area contributed by atoms with Crippen molar-refractivity contribution in [1.82, 2.24) is 0 Å². The molecule has 4 heteroatoms. The minimum absolute atomic E-state index is 0.0648. The molecule has 21 heavy (non-hydrogen) atoms. The molecule has 0 unspecified atom stereocenters. The predicted octanol–water partition coefficient (Wildman–Crippen LogP) is 3.60. The van der Waals surface area contributed by atoms with Crippen molar-refractivity contribution in [3.8, 4) is 5.75 Å². The van der Waals surface area contributed by atoms with Crippen molar-refractivity contribution in [3.05, 3.63) is 46.4 Å². The Bertz CT molecular complexity index is 682. The zero-order chi connectivity index (χ0) is 15.4. The summed E-state index contributed by atoms with van der Waals surface area (Å²) in [5, 5.41) is 3.35. The van der Waals surface area contributed by atoms with Gasteiger partial charge in [0.05, 0.1) is 5.69 Å². The lowest BCUT2D eigenvalue weighted by molar-refractivity contribution is -0.115. The van der Waals surface area contributed by atoms with E-state index in [0.717, 1.165) is 17.0 Å². The van der Waals surface area contributed by atoms with Crippen LogP contribution >= 0.6 is 0 Å². The van der Waals surface area contributed by atoms with Gasteiger partial charge in [-0.2, -0.15) is 0 Å². The molecule has 0 aromatic heterocycles. The maximum atomic E-state index is 12.1. The van der Waals surface area contributed by atoms with Gasteiger partial charge in [-0.1, -0.05) is 0 Å². The van der Waals surface area contributed by atoms with Crippen LogP contribution in [0, 0.1) is 13.8 Å². The Morgan fingerprint density at radius 1 is 1.14 bits per heavy atom. The molecule has 1 spiro atoms. The minimum Gasteiger partial charge on any atom is -0.466 e. The van der Waals surface area contributed by atoms with Crippen molar-refractivity contribution in [2.24, 2.45) is 0 Å². The summed E-state index contributed by atoms with van der Waals surface area (Å²) in [4.78, 5) is 12.1. The highest BCUT2D eigenvalue weighted by Crippen LogP contribution is 2.45. The number of aryl methyl sites for hydroxylation is 2. The Hall–Kier alpha value is -2.23. The molecule has 0 saturated heterocycles. The Balaban J connectivity index is 2.14. The van der Waals surface area contributed by atoms with Crippen molar-refractivity contribution in [2.75, 3.05) is 5.32 Å². The number of hydrogen-bond donors (Lipinski definition) is 1. The van der Waals surface area contributed by atoms with E-state index in [4.69, 9.17) is 9.47 Å². The second kappa shape index (κ2) is 4.38. The Kier molecular flexibility index (Phi) is 2.87. The third-order valence-corrected chi connectivity index (χ3v) is 3.98. The van der Waals surface area contributed by atoms with Crippen LogP contribution in [0.15, 0.2) is 35.3 Å². The van der Waals surface area contributed by atoms with Crippen LogP contribution < -0.4 is 10.1 Å². The molecular formula is C17H19NO3. The van der Waals surface area contributed by atoms with Gasteiger partial charge in [-0.3, -0.25) is 4.79 Å². The third-order valence-electron chi connectivity index (χ3n) is 3.98. The van der Waals surface area contributed by atoms with Crippen LogP contribution in [0.25, 0.3) is 0 Å². The van der Waals surface area contributed by atoms with Gasteiger partial charge in [0, 0.05) is 6.08 Å². The van der Waals surface area contributed by atoms with Crippen LogP contribution in [0.4, 0.5) is 5.69 Å². The quantitative estimate of drug-likeness (QED) is 0.856. The standard InChI is InChI=1S/C17H19NO3/c1-9-6-14-15(7-10(9)2)21-17(18-14)8-11(3)20-13(5)16(17)12(4)19/h6-8,18H,1-5H3/t17-/m0/s1. The van der Waals surface area contributed by atoms with E-state index < -0.39 is 5.72 Å². The molecule has 0 radical (unpaired) electrons. The Morgan fingerprint density at radius 3 is 2.48 bits per heavy atom. The molecule has 0 aliphatic carbocycles. The second-order valence-corrected chi connectivity index (χ2v) is 5.74. The molecular weight excluding hydrogens is 266 g/mol. The molecule has 0 saturated carbocycles. The predicted molar refractivity (Wildman–Crippen MR) is 81.1 cm³/mol. The monoisotopic (exact) mass is 285 g/mol. The van der Waals surface area contributed by atoms with E-state index in [0.29, 0.717) is 17.1 Å². The van der Waals surface area contributed by atoms with Crippen LogP contribution in [0.1, 0.15) is 31.9 Å². The van der Waals surface area contributed by atoms with Crippen molar-refractivity contribution in [3.63, 3.8) is 0 Å². The first-order valence-corrected chi connectivity index (χ1v) is 7.00. The maximum absolute atomic E-state index is 12.1. The number of carbonyl (C=O) groups excluding carboxylic acids is 1. The average Bonchev–Trinajstić information content (AvgIpc) is 2.64. The van der Waals surface area contributed by atoms with Crippen molar-refractivity contribution >= 4 is 11.5 Å². The molecule has 1 aromatic carbocycles. The molecule has 2 heterocycles. The summed E-state index contributed by atoms with van der Waals surface area (Å²) in [5.41, 5.74) is 2.79. The van der Waals surface area contributed by atoms with Crippen molar-refractivity contribution < 1.29 is 14.3 Å². The summed E-state index contributed by atoms with van der Waals surface area (Å²) in [6.45, 7) is 9.28. The molecule has 1 N–H and O–H groups in total. The van der Waals surface area contributed by atoms with Gasteiger partial charge in [0.2, 0.25) is 5.72 Å². The van der Waals surface area contributed by atoms with E-state index in [2.05, 4.69) is 12.2 Å². The minimum atomic E-state index is -0.958. The number of ketones is 1. The van der Waals surface area contributed by atoms with Gasteiger partial charge >= 0.3 is 0 Å². The van der Waals surface area contributed by atoms with Crippen LogP contribution in [-0.4, -0.2) is 11.5 Å². The first-order valence-electron chi connectivity index (χ1n) is 7.00. The summed E-state index contributed by atoms with van der Waals surface area (Å²) in [6.07, 6.45) is 1.82. The van der Waals surface area contributed by atoms with E-state index in [9.17, 15) is 4.79 Å². The summed E-state index contributed by atoms with van der Waals surface area (Å²) in [7, 11) is 0. The number of carbonyl (C=O) groups is 1. The van der Waals surface area contributed by atoms with Gasteiger partial charge < -0.3 is 14.8 Å². The fraction of sp³-hybridized carbons (Fsp3) is 0.353. The van der Waals surface area contributed by atoms with Gasteiger partial charge in [-0.05, 0) is 57.9 Å². The van der Waals surface area contributed by atoms with Crippen LogP contribution in [0.2, 0.25) is 0 Å². The number of allylic oxidation sites excluding steroid dienone is 2. The number of rotatable bonds is 1. The highest BCUT2D eigenvalue weighted by molar-refractivity contribution is 5.98. The summed E-state index contributed by atoms with van der Waals surface area (Å²) >= 11 is 0. The zero-order valence-corrected chi connectivity index (χ0v) is 13.0. The second-order valence-electron chi connectivity index (χ2n) is 5.74. The lowest BCUT2D eigenvalue weighted by atomic mass is 9.95. The maximum Gasteiger partial charge on any atom is 0.237 e. The number of benzene rings is 1. The summed E-state index contributed by atoms with van der Waals surface area (Å²) < 4.78 is 11.7. The van der Waals surface area contributed by atoms with E-state index in [-0.39, 0.29) is 5.78 Å². The molecule has 0 amide bonds. The number of nitrogens with one attached hydrogen (secondary N) is 1. The fourth-order valence-corrected chi connectivity index (χ4v) is 3.00. The van der Waals surface area contributed by atoms with Gasteiger partial charge in [-0.15, -0.1) is 0 Å². The number of Topliss-reactive ketones (excluding diaryl/α,β-unsaturated/α-hetero) is 1. The van der Waals surface area contributed by atoms with E-state index >= 15 is 0 Å². The topological polar surface area (TPSA) is 47.6 Å². The number of anilines is 1. The van der Waals surface area contributed by atoms with Gasteiger partial charge in [-0.25, -0.2) is 0 Å². The van der Waals surface area contributed by atoms with Crippen LogP contribution in [0.3, 0.4) is 0 Å². The molecule has 2 aliphatic heterocycles. The Labute approximate surface area is 124 Å². The highest BCUT2D eigenvalue weighted by atomic mass is 16.5. The molecule has 4 nitrogen and oxygen atoms in total. The lowest BCUT2D eigenvalue weighted by Crippen LogP contribution is -2.45. The highest BCUT2D eigenvalue weighted by Gasteiger charge is 2.46. The first-order chi connectivity index (χ1) is 9.82.